The molecule has 0 saturated heterocycles. The maximum absolute atomic E-state index is 6.15. The Morgan fingerprint density at radius 1 is 1.47 bits per heavy atom. The predicted molar refractivity (Wildman–Crippen MR) is 61.9 cm³/mol. The van der Waals surface area contributed by atoms with E-state index in [4.69, 9.17) is 10.5 Å². The fourth-order valence-corrected chi connectivity index (χ4v) is 2.09. The molecule has 0 bridgehead atoms. The van der Waals surface area contributed by atoms with E-state index < -0.39 is 0 Å². The second-order valence-electron chi connectivity index (χ2n) is 4.42. The molecule has 2 heteroatoms. The number of hydrogen-bond donors (Lipinski definition) is 1. The minimum Gasteiger partial charge on any atom is -0.490 e. The molecule has 0 aliphatic carbocycles. The maximum Gasteiger partial charge on any atom is 0.124 e. The number of rotatable bonds is 2. The minimum atomic E-state index is 0.133. The van der Waals surface area contributed by atoms with Gasteiger partial charge in [-0.25, -0.2) is 0 Å². The Bertz CT molecular complexity index is 337. The third-order valence-corrected chi connectivity index (χ3v) is 3.36. The number of hydrogen-bond acceptors (Lipinski definition) is 2. The topological polar surface area (TPSA) is 35.2 Å². The van der Waals surface area contributed by atoms with Crippen molar-refractivity contribution in [3.63, 3.8) is 0 Å². The molecule has 1 aromatic carbocycles. The normalized spacial score (nSPS) is 26.6. The summed E-state index contributed by atoms with van der Waals surface area (Å²) >= 11 is 0. The van der Waals surface area contributed by atoms with Crippen molar-refractivity contribution >= 4 is 0 Å². The van der Waals surface area contributed by atoms with Gasteiger partial charge in [-0.3, -0.25) is 0 Å². The second kappa shape index (κ2) is 4.23. The second-order valence-corrected chi connectivity index (χ2v) is 4.42. The van der Waals surface area contributed by atoms with E-state index in [9.17, 15) is 0 Å². The van der Waals surface area contributed by atoms with Crippen molar-refractivity contribution in [1.29, 1.82) is 0 Å². The SMILES string of the molecule is CCC(C)C1CC(N)c2ccccc2O1. The summed E-state index contributed by atoms with van der Waals surface area (Å²) in [6.45, 7) is 4.42. The van der Waals surface area contributed by atoms with Crippen molar-refractivity contribution in [2.24, 2.45) is 11.7 Å². The summed E-state index contributed by atoms with van der Waals surface area (Å²) in [5, 5.41) is 0. The molecule has 2 rings (SSSR count). The molecule has 0 amide bonds. The zero-order chi connectivity index (χ0) is 10.8. The summed E-state index contributed by atoms with van der Waals surface area (Å²) in [4.78, 5) is 0. The van der Waals surface area contributed by atoms with Crippen LogP contribution < -0.4 is 10.5 Å². The molecular weight excluding hydrogens is 186 g/mol. The van der Waals surface area contributed by atoms with E-state index >= 15 is 0 Å². The summed E-state index contributed by atoms with van der Waals surface area (Å²) in [7, 11) is 0. The van der Waals surface area contributed by atoms with Gasteiger partial charge >= 0.3 is 0 Å². The molecule has 0 aromatic heterocycles. The number of nitrogens with two attached hydrogens (primary N) is 1. The van der Waals surface area contributed by atoms with Gasteiger partial charge in [0.05, 0.1) is 0 Å². The summed E-state index contributed by atoms with van der Waals surface area (Å²) in [6, 6.07) is 8.24. The van der Waals surface area contributed by atoms with Gasteiger partial charge in [0.1, 0.15) is 11.9 Å². The molecule has 1 aliphatic heterocycles. The van der Waals surface area contributed by atoms with Crippen molar-refractivity contribution in [3.8, 4) is 5.75 Å². The van der Waals surface area contributed by atoms with Crippen LogP contribution >= 0.6 is 0 Å². The van der Waals surface area contributed by atoms with E-state index in [1.807, 2.05) is 18.2 Å². The first-order valence-electron chi connectivity index (χ1n) is 5.73. The molecule has 0 spiro atoms. The Morgan fingerprint density at radius 2 is 2.20 bits per heavy atom. The molecule has 2 N–H and O–H groups in total. The maximum atomic E-state index is 6.15. The molecule has 82 valence electrons. The lowest BCUT2D eigenvalue weighted by Gasteiger charge is -2.33. The van der Waals surface area contributed by atoms with Crippen LogP contribution in [0.3, 0.4) is 0 Å². The zero-order valence-corrected chi connectivity index (χ0v) is 9.44. The van der Waals surface area contributed by atoms with Crippen molar-refractivity contribution in [1.82, 2.24) is 0 Å². The summed E-state index contributed by atoms with van der Waals surface area (Å²) in [5.41, 5.74) is 7.30. The largest absolute Gasteiger partial charge is 0.490 e. The Hall–Kier alpha value is -1.02. The van der Waals surface area contributed by atoms with Crippen LogP contribution in [0.5, 0.6) is 5.75 Å². The van der Waals surface area contributed by atoms with Crippen LogP contribution in [0.25, 0.3) is 0 Å². The van der Waals surface area contributed by atoms with Gasteiger partial charge in [-0.2, -0.15) is 0 Å². The first kappa shape index (κ1) is 10.5. The molecule has 15 heavy (non-hydrogen) atoms. The summed E-state index contributed by atoms with van der Waals surface area (Å²) < 4.78 is 5.98. The molecule has 3 unspecified atom stereocenters. The highest BCUT2D eigenvalue weighted by molar-refractivity contribution is 5.37. The molecule has 3 atom stereocenters. The van der Waals surface area contributed by atoms with Gasteiger partial charge in [0, 0.05) is 18.0 Å². The van der Waals surface area contributed by atoms with Crippen LogP contribution in [0.4, 0.5) is 0 Å². The first-order chi connectivity index (χ1) is 7.22. The Morgan fingerprint density at radius 3 is 2.93 bits per heavy atom. The molecule has 1 heterocycles. The lowest BCUT2D eigenvalue weighted by Crippen LogP contribution is -2.33. The molecule has 1 aliphatic rings. The number of benzene rings is 1. The third kappa shape index (κ3) is 2.00. The minimum absolute atomic E-state index is 0.133. The van der Waals surface area contributed by atoms with Crippen molar-refractivity contribution in [2.75, 3.05) is 0 Å². The standard InChI is InChI=1S/C13H19NO/c1-3-9(2)13-8-11(14)10-6-4-5-7-12(10)15-13/h4-7,9,11,13H,3,8,14H2,1-2H3. The molecular formula is C13H19NO. The highest BCUT2D eigenvalue weighted by Crippen LogP contribution is 2.35. The number of fused-ring (bicyclic) bond motifs is 1. The van der Waals surface area contributed by atoms with Gasteiger partial charge in [0.15, 0.2) is 0 Å². The average Bonchev–Trinajstić information content (AvgIpc) is 2.28. The van der Waals surface area contributed by atoms with E-state index in [1.165, 1.54) is 0 Å². The van der Waals surface area contributed by atoms with Crippen molar-refractivity contribution in [3.05, 3.63) is 29.8 Å². The van der Waals surface area contributed by atoms with Crippen LogP contribution in [-0.4, -0.2) is 6.10 Å². The fourth-order valence-electron chi connectivity index (χ4n) is 2.09. The molecule has 2 nitrogen and oxygen atoms in total. The van der Waals surface area contributed by atoms with Crippen LogP contribution in [-0.2, 0) is 0 Å². The van der Waals surface area contributed by atoms with Gasteiger partial charge in [-0.05, 0) is 12.0 Å². The molecule has 0 fully saturated rings. The zero-order valence-electron chi connectivity index (χ0n) is 9.44. The Kier molecular flexibility index (Phi) is 2.96. The van der Waals surface area contributed by atoms with E-state index in [0.717, 1.165) is 24.2 Å². The van der Waals surface area contributed by atoms with E-state index in [1.54, 1.807) is 0 Å². The van der Waals surface area contributed by atoms with Crippen LogP contribution in [0.2, 0.25) is 0 Å². The average molecular weight is 205 g/mol. The highest BCUT2D eigenvalue weighted by atomic mass is 16.5. The monoisotopic (exact) mass is 205 g/mol. The predicted octanol–water partition coefficient (Wildman–Crippen LogP) is 2.88. The smallest absolute Gasteiger partial charge is 0.124 e. The van der Waals surface area contributed by atoms with Gasteiger partial charge in [-0.1, -0.05) is 38.5 Å². The van der Waals surface area contributed by atoms with Gasteiger partial charge in [-0.15, -0.1) is 0 Å². The van der Waals surface area contributed by atoms with Crippen LogP contribution in [0.1, 0.15) is 38.3 Å². The fraction of sp³-hybridized carbons (Fsp3) is 0.538. The number of para-hydroxylation sites is 1. The lowest BCUT2D eigenvalue weighted by atomic mass is 9.90. The summed E-state index contributed by atoms with van der Waals surface area (Å²) in [6.07, 6.45) is 2.35. The van der Waals surface area contributed by atoms with Crippen molar-refractivity contribution < 1.29 is 4.74 Å². The molecule has 0 radical (unpaired) electrons. The first-order valence-corrected chi connectivity index (χ1v) is 5.73. The highest BCUT2D eigenvalue weighted by Gasteiger charge is 2.28. The molecule has 1 aromatic rings. The van der Waals surface area contributed by atoms with Gasteiger partial charge < -0.3 is 10.5 Å². The lowest BCUT2D eigenvalue weighted by molar-refractivity contribution is 0.105. The van der Waals surface area contributed by atoms with E-state index in [0.29, 0.717) is 5.92 Å². The van der Waals surface area contributed by atoms with E-state index in [2.05, 4.69) is 19.9 Å². The Balaban J connectivity index is 2.22. The van der Waals surface area contributed by atoms with E-state index in [-0.39, 0.29) is 12.1 Å². The Labute approximate surface area is 91.4 Å². The molecule has 0 saturated carbocycles. The van der Waals surface area contributed by atoms with Gasteiger partial charge in [0.25, 0.3) is 0 Å². The third-order valence-electron chi connectivity index (χ3n) is 3.36. The quantitative estimate of drug-likeness (QED) is 0.805. The van der Waals surface area contributed by atoms with Gasteiger partial charge in [0.2, 0.25) is 0 Å². The van der Waals surface area contributed by atoms with Crippen LogP contribution in [0.15, 0.2) is 24.3 Å². The number of ether oxygens (including phenoxy) is 1. The summed E-state index contributed by atoms with van der Waals surface area (Å²) in [5.74, 6) is 1.55. The van der Waals surface area contributed by atoms with Crippen molar-refractivity contribution in [2.45, 2.75) is 38.8 Å². The van der Waals surface area contributed by atoms with Crippen LogP contribution in [0, 0.1) is 5.92 Å².